The fraction of sp³-hybridized carbons (Fsp3) is 0.700. The fourth-order valence-corrected chi connectivity index (χ4v) is 3.57. The third kappa shape index (κ3) is 4.49. The lowest BCUT2D eigenvalue weighted by molar-refractivity contribution is -0.145. The molecule has 146 valence electrons. The van der Waals surface area contributed by atoms with E-state index in [1.54, 1.807) is 12.1 Å². The van der Waals surface area contributed by atoms with E-state index in [0.717, 1.165) is 11.1 Å². The number of ether oxygens (including phenoxy) is 3. The molecular formula is C20H31NO5. The molecule has 6 heteroatoms. The zero-order valence-corrected chi connectivity index (χ0v) is 16.3. The van der Waals surface area contributed by atoms with Gasteiger partial charge < -0.3 is 29.7 Å². The van der Waals surface area contributed by atoms with E-state index < -0.39 is 11.9 Å². The molecule has 1 saturated heterocycles. The molecule has 2 aliphatic rings. The number of nitrogens with one attached hydrogen (secondary N) is 1. The van der Waals surface area contributed by atoms with Gasteiger partial charge in [0, 0.05) is 36.1 Å². The summed E-state index contributed by atoms with van der Waals surface area (Å²) in [6, 6.07) is 3.41. The van der Waals surface area contributed by atoms with E-state index in [-0.39, 0.29) is 30.1 Å². The molecule has 1 aromatic rings. The zero-order chi connectivity index (χ0) is 19.1. The number of β-amino-alcohol motifs (C(OH)–C–C–N with tert-alkyl or cyclic N) is 1. The second-order valence-corrected chi connectivity index (χ2v) is 8.76. The van der Waals surface area contributed by atoms with Crippen molar-refractivity contribution in [1.82, 2.24) is 5.32 Å². The van der Waals surface area contributed by atoms with Crippen molar-refractivity contribution in [2.24, 2.45) is 0 Å². The number of aliphatic hydroxyl groups excluding tert-OH is 1. The summed E-state index contributed by atoms with van der Waals surface area (Å²) in [5.41, 5.74) is 1.75. The number of rotatable bonds is 5. The first kappa shape index (κ1) is 19.4. The summed E-state index contributed by atoms with van der Waals surface area (Å²) >= 11 is 0. The lowest BCUT2D eigenvalue weighted by atomic mass is 9.86. The number of phenols is 1. The molecule has 3 N–H and O–H groups in total. The first-order chi connectivity index (χ1) is 12.0. The van der Waals surface area contributed by atoms with Crippen LogP contribution >= 0.6 is 0 Å². The maximum absolute atomic E-state index is 10.3. The van der Waals surface area contributed by atoms with Gasteiger partial charge in [0.25, 0.3) is 0 Å². The van der Waals surface area contributed by atoms with Crippen LogP contribution in [0.3, 0.4) is 0 Å². The Balaban J connectivity index is 1.68. The van der Waals surface area contributed by atoms with Gasteiger partial charge in [0.15, 0.2) is 5.79 Å². The molecule has 0 aromatic heterocycles. The number of hydrogen-bond donors (Lipinski definition) is 3. The summed E-state index contributed by atoms with van der Waals surface area (Å²) in [5, 5.41) is 23.7. The molecule has 0 bridgehead atoms. The third-order valence-corrected chi connectivity index (χ3v) is 4.76. The number of phenolic OH excluding ortho intramolecular Hbond substituents is 1. The first-order valence-corrected chi connectivity index (χ1v) is 9.29. The van der Waals surface area contributed by atoms with Gasteiger partial charge in [-0.25, -0.2) is 0 Å². The first-order valence-electron chi connectivity index (χ1n) is 9.29. The Morgan fingerprint density at radius 1 is 1.19 bits per heavy atom. The molecule has 1 unspecified atom stereocenters. The SMILES string of the molecule is CC(C)(C)NCC(O)COc1ccc(O)c2c1C[C@@H]1OC(C)(C)O[C@H]1C2. The van der Waals surface area contributed by atoms with Crippen molar-refractivity contribution in [3.05, 3.63) is 23.3 Å². The van der Waals surface area contributed by atoms with Gasteiger partial charge in [0.05, 0.1) is 12.2 Å². The lowest BCUT2D eigenvalue weighted by Gasteiger charge is -2.28. The van der Waals surface area contributed by atoms with Crippen LogP contribution in [0.5, 0.6) is 11.5 Å². The van der Waals surface area contributed by atoms with Crippen LogP contribution in [-0.2, 0) is 22.3 Å². The number of benzene rings is 1. The maximum atomic E-state index is 10.3. The Morgan fingerprint density at radius 2 is 1.81 bits per heavy atom. The Morgan fingerprint density at radius 3 is 2.42 bits per heavy atom. The normalized spacial score (nSPS) is 25.5. The predicted octanol–water partition coefficient (Wildman–Crippen LogP) is 2.14. The van der Waals surface area contributed by atoms with Crippen LogP contribution in [-0.4, -0.2) is 53.0 Å². The minimum absolute atomic E-state index is 0.0471. The average molecular weight is 365 g/mol. The van der Waals surface area contributed by atoms with Crippen LogP contribution in [0.4, 0.5) is 0 Å². The number of hydrogen-bond acceptors (Lipinski definition) is 6. The van der Waals surface area contributed by atoms with E-state index in [0.29, 0.717) is 25.1 Å². The van der Waals surface area contributed by atoms with Crippen LogP contribution in [0.1, 0.15) is 45.7 Å². The molecule has 1 aliphatic carbocycles. The van der Waals surface area contributed by atoms with Crippen LogP contribution in [0.15, 0.2) is 12.1 Å². The van der Waals surface area contributed by atoms with Crippen molar-refractivity contribution < 1.29 is 24.4 Å². The Bertz CT molecular complexity index is 652. The van der Waals surface area contributed by atoms with Crippen molar-refractivity contribution in [1.29, 1.82) is 0 Å². The van der Waals surface area contributed by atoms with Crippen molar-refractivity contribution in [2.45, 2.75) is 77.1 Å². The quantitative estimate of drug-likeness (QED) is 0.742. The summed E-state index contributed by atoms with van der Waals surface area (Å²) < 4.78 is 17.8. The minimum Gasteiger partial charge on any atom is -0.508 e. The monoisotopic (exact) mass is 365 g/mol. The Labute approximate surface area is 155 Å². The van der Waals surface area contributed by atoms with Crippen molar-refractivity contribution in [3.8, 4) is 11.5 Å². The summed E-state index contributed by atoms with van der Waals surface area (Å²) in [4.78, 5) is 0. The second kappa shape index (κ2) is 7.00. The van der Waals surface area contributed by atoms with Crippen molar-refractivity contribution in [3.63, 3.8) is 0 Å². The predicted molar refractivity (Wildman–Crippen MR) is 98.6 cm³/mol. The lowest BCUT2D eigenvalue weighted by Crippen LogP contribution is -2.42. The van der Waals surface area contributed by atoms with E-state index in [9.17, 15) is 10.2 Å². The Hall–Kier alpha value is -1.34. The highest BCUT2D eigenvalue weighted by molar-refractivity contribution is 5.50. The number of aliphatic hydroxyl groups is 1. The van der Waals surface area contributed by atoms with Gasteiger partial charge in [-0.2, -0.15) is 0 Å². The van der Waals surface area contributed by atoms with Crippen LogP contribution in [0.2, 0.25) is 0 Å². The molecule has 0 saturated carbocycles. The standard InChI is InChI=1S/C20H31NO5/c1-19(2,3)21-10-12(22)11-24-16-7-6-15(23)13-8-17-18(9-14(13)16)26-20(4,5)25-17/h6-7,12,17-18,21-23H,8-11H2,1-5H3/t12?,17-,18-/m0/s1. The van der Waals surface area contributed by atoms with E-state index >= 15 is 0 Å². The van der Waals surface area contributed by atoms with Gasteiger partial charge in [-0.05, 0) is 46.8 Å². The minimum atomic E-state index is -0.611. The van der Waals surface area contributed by atoms with Crippen molar-refractivity contribution >= 4 is 0 Å². The summed E-state index contributed by atoms with van der Waals surface area (Å²) in [6.45, 7) is 10.6. The molecule has 3 atom stereocenters. The van der Waals surface area contributed by atoms with E-state index in [2.05, 4.69) is 26.1 Å². The highest BCUT2D eigenvalue weighted by Crippen LogP contribution is 2.42. The summed E-state index contributed by atoms with van der Waals surface area (Å²) in [6.07, 6.45) is 0.513. The van der Waals surface area contributed by atoms with E-state index in [1.165, 1.54) is 0 Å². The molecule has 6 nitrogen and oxygen atoms in total. The van der Waals surface area contributed by atoms with Crippen LogP contribution < -0.4 is 10.1 Å². The fourth-order valence-electron chi connectivity index (χ4n) is 3.57. The molecule has 26 heavy (non-hydrogen) atoms. The molecule has 3 rings (SSSR count). The molecule has 1 fully saturated rings. The maximum Gasteiger partial charge on any atom is 0.163 e. The van der Waals surface area contributed by atoms with Gasteiger partial charge in [-0.15, -0.1) is 0 Å². The Kier molecular flexibility index (Phi) is 5.23. The van der Waals surface area contributed by atoms with Crippen LogP contribution in [0, 0.1) is 0 Å². The largest absolute Gasteiger partial charge is 0.508 e. The molecule has 0 amide bonds. The number of aromatic hydroxyl groups is 1. The smallest absolute Gasteiger partial charge is 0.163 e. The molecule has 1 heterocycles. The zero-order valence-electron chi connectivity index (χ0n) is 16.3. The van der Waals surface area contributed by atoms with Gasteiger partial charge in [-0.3, -0.25) is 0 Å². The average Bonchev–Trinajstić information content (AvgIpc) is 2.83. The van der Waals surface area contributed by atoms with Crippen LogP contribution in [0.25, 0.3) is 0 Å². The third-order valence-electron chi connectivity index (χ3n) is 4.76. The summed E-state index contributed by atoms with van der Waals surface area (Å²) in [7, 11) is 0. The van der Waals surface area contributed by atoms with Gasteiger partial charge >= 0.3 is 0 Å². The molecule has 0 radical (unpaired) electrons. The molecule has 0 spiro atoms. The van der Waals surface area contributed by atoms with E-state index in [1.807, 2.05) is 13.8 Å². The molecular weight excluding hydrogens is 334 g/mol. The number of fused-ring (bicyclic) bond motifs is 2. The topological polar surface area (TPSA) is 80.2 Å². The molecule has 1 aromatic carbocycles. The van der Waals surface area contributed by atoms with Gasteiger partial charge in [-0.1, -0.05) is 0 Å². The highest BCUT2D eigenvalue weighted by Gasteiger charge is 2.45. The highest BCUT2D eigenvalue weighted by atomic mass is 16.7. The van der Waals surface area contributed by atoms with Gasteiger partial charge in [0.1, 0.15) is 24.2 Å². The van der Waals surface area contributed by atoms with E-state index in [4.69, 9.17) is 14.2 Å². The summed E-state index contributed by atoms with van der Waals surface area (Å²) in [5.74, 6) is 0.344. The second-order valence-electron chi connectivity index (χ2n) is 8.76. The van der Waals surface area contributed by atoms with Gasteiger partial charge in [0.2, 0.25) is 0 Å². The molecule has 1 aliphatic heterocycles. The van der Waals surface area contributed by atoms with Crippen molar-refractivity contribution in [2.75, 3.05) is 13.2 Å².